The number of piperidine rings is 1. The van der Waals surface area contributed by atoms with Gasteiger partial charge in [-0.15, -0.1) is 0 Å². The summed E-state index contributed by atoms with van der Waals surface area (Å²) < 4.78 is 32.7. The van der Waals surface area contributed by atoms with Crippen LogP contribution in [0.15, 0.2) is 60.2 Å². The Hall–Kier alpha value is -3.32. The third-order valence-corrected chi connectivity index (χ3v) is 5.55. The molecule has 0 radical (unpaired) electrons. The third kappa shape index (κ3) is 5.48. The summed E-state index contributed by atoms with van der Waals surface area (Å²) in [5.74, 6) is -0.546. The average molecular weight is 437 g/mol. The predicted molar refractivity (Wildman–Crippen MR) is 123 cm³/mol. The van der Waals surface area contributed by atoms with Gasteiger partial charge in [0.15, 0.2) is 17.5 Å². The highest BCUT2D eigenvalue weighted by molar-refractivity contribution is 6.09. The SMILES string of the molecule is C=C(C=Nc1[nH]ncc1-c1ccc(F)c(F)c1)c1ccc(OCCN2CCCCC2)cc1. The fraction of sp³-hybridized carbons (Fsp3) is 0.280. The van der Waals surface area contributed by atoms with Gasteiger partial charge in [0.25, 0.3) is 0 Å². The number of H-pyrrole nitrogens is 1. The van der Waals surface area contributed by atoms with Gasteiger partial charge in [0.05, 0.1) is 6.20 Å². The molecule has 2 aromatic carbocycles. The number of nitrogens with zero attached hydrogens (tertiary/aromatic N) is 3. The van der Waals surface area contributed by atoms with Gasteiger partial charge in [-0.3, -0.25) is 10.00 Å². The van der Waals surface area contributed by atoms with Crippen LogP contribution in [-0.2, 0) is 0 Å². The molecular formula is C25H26F2N4O. The summed E-state index contributed by atoms with van der Waals surface area (Å²) in [6.45, 7) is 8.01. The quantitative estimate of drug-likeness (QED) is 0.465. The van der Waals surface area contributed by atoms with E-state index in [0.29, 0.717) is 29.1 Å². The second-order valence-corrected chi connectivity index (χ2v) is 7.82. The second kappa shape index (κ2) is 10.3. The first kappa shape index (κ1) is 21.9. The molecule has 5 nitrogen and oxygen atoms in total. The molecule has 2 heterocycles. The number of ether oxygens (including phenoxy) is 1. The first-order valence-corrected chi connectivity index (χ1v) is 10.8. The second-order valence-electron chi connectivity index (χ2n) is 7.82. The van der Waals surface area contributed by atoms with Gasteiger partial charge in [-0.05, 0) is 66.9 Å². The van der Waals surface area contributed by atoms with E-state index in [1.54, 1.807) is 6.21 Å². The van der Waals surface area contributed by atoms with Crippen molar-refractivity contribution in [1.29, 1.82) is 0 Å². The first-order chi connectivity index (χ1) is 15.6. The molecule has 1 aromatic heterocycles. The number of rotatable bonds is 8. The van der Waals surface area contributed by atoms with E-state index in [0.717, 1.165) is 43.1 Å². The highest BCUT2D eigenvalue weighted by Gasteiger charge is 2.11. The van der Waals surface area contributed by atoms with Crippen LogP contribution in [0.1, 0.15) is 24.8 Å². The topological polar surface area (TPSA) is 53.5 Å². The fourth-order valence-corrected chi connectivity index (χ4v) is 3.71. The standard InChI is InChI=1S/C25H26F2N4O/c1-18(16-28-25-22(17-29-30-25)20-7-10-23(26)24(27)15-20)19-5-8-21(9-6-19)32-14-13-31-11-3-2-4-12-31/h5-10,15-17H,1-4,11-14H2,(H,29,30). The van der Waals surface area contributed by atoms with Crippen LogP contribution >= 0.6 is 0 Å². The van der Waals surface area contributed by atoms with E-state index in [1.165, 1.54) is 31.5 Å². The zero-order valence-corrected chi connectivity index (χ0v) is 17.9. The van der Waals surface area contributed by atoms with Crippen molar-refractivity contribution in [2.24, 2.45) is 4.99 Å². The van der Waals surface area contributed by atoms with E-state index in [1.807, 2.05) is 24.3 Å². The number of hydrogen-bond donors (Lipinski definition) is 1. The maximum absolute atomic E-state index is 13.6. The molecule has 32 heavy (non-hydrogen) atoms. The molecule has 3 aromatic rings. The van der Waals surface area contributed by atoms with Crippen molar-refractivity contribution in [1.82, 2.24) is 15.1 Å². The maximum atomic E-state index is 13.6. The Balaban J connectivity index is 1.35. The van der Waals surface area contributed by atoms with Gasteiger partial charge >= 0.3 is 0 Å². The molecule has 0 saturated carbocycles. The Labute approximate surface area is 186 Å². The number of aliphatic imine (C=N–C) groups is 1. The highest BCUT2D eigenvalue weighted by Crippen LogP contribution is 2.29. The molecule has 0 amide bonds. The highest BCUT2D eigenvalue weighted by atomic mass is 19.2. The number of aromatic amines is 1. The number of aromatic nitrogens is 2. The molecule has 1 N–H and O–H groups in total. The van der Waals surface area contributed by atoms with Crippen LogP contribution in [0.3, 0.4) is 0 Å². The lowest BCUT2D eigenvalue weighted by Crippen LogP contribution is -2.33. The summed E-state index contributed by atoms with van der Waals surface area (Å²) in [6.07, 6.45) is 7.03. The van der Waals surface area contributed by atoms with Gasteiger partial charge in [-0.25, -0.2) is 13.8 Å². The molecule has 1 aliphatic heterocycles. The molecule has 0 atom stereocenters. The summed E-state index contributed by atoms with van der Waals surface area (Å²) in [4.78, 5) is 6.84. The summed E-state index contributed by atoms with van der Waals surface area (Å²) in [5, 5.41) is 6.75. The lowest BCUT2D eigenvalue weighted by Gasteiger charge is -2.26. The van der Waals surface area contributed by atoms with Crippen molar-refractivity contribution < 1.29 is 13.5 Å². The minimum atomic E-state index is -0.915. The van der Waals surface area contributed by atoms with Crippen molar-refractivity contribution in [3.8, 4) is 16.9 Å². The van der Waals surface area contributed by atoms with Crippen molar-refractivity contribution in [2.75, 3.05) is 26.2 Å². The van der Waals surface area contributed by atoms with Crippen LogP contribution < -0.4 is 4.74 Å². The van der Waals surface area contributed by atoms with E-state index in [4.69, 9.17) is 4.74 Å². The molecule has 0 unspecified atom stereocenters. The monoisotopic (exact) mass is 436 g/mol. The van der Waals surface area contributed by atoms with Gasteiger partial charge in [-0.1, -0.05) is 31.2 Å². The van der Waals surface area contributed by atoms with Gasteiger partial charge in [0.1, 0.15) is 12.4 Å². The van der Waals surface area contributed by atoms with Crippen molar-refractivity contribution >= 4 is 17.6 Å². The van der Waals surface area contributed by atoms with Crippen LogP contribution in [0.5, 0.6) is 5.75 Å². The van der Waals surface area contributed by atoms with Crippen LogP contribution in [0.2, 0.25) is 0 Å². The predicted octanol–water partition coefficient (Wildman–Crippen LogP) is 5.64. The number of benzene rings is 2. The van der Waals surface area contributed by atoms with Crippen LogP contribution in [0.4, 0.5) is 14.6 Å². The Morgan fingerprint density at radius 3 is 2.62 bits per heavy atom. The average Bonchev–Trinajstić information content (AvgIpc) is 3.29. The van der Waals surface area contributed by atoms with E-state index in [9.17, 15) is 8.78 Å². The summed E-state index contributed by atoms with van der Waals surface area (Å²) in [5.41, 5.74) is 2.67. The number of likely N-dealkylation sites (tertiary alicyclic amines) is 1. The molecule has 166 valence electrons. The molecule has 1 saturated heterocycles. The number of allylic oxidation sites excluding steroid dienone is 1. The molecule has 0 spiro atoms. The molecular weight excluding hydrogens is 410 g/mol. The molecule has 1 fully saturated rings. The molecule has 7 heteroatoms. The minimum Gasteiger partial charge on any atom is -0.492 e. The molecule has 1 aliphatic rings. The minimum absolute atomic E-state index is 0.440. The summed E-state index contributed by atoms with van der Waals surface area (Å²) in [7, 11) is 0. The zero-order chi connectivity index (χ0) is 22.3. The largest absolute Gasteiger partial charge is 0.492 e. The van der Waals surface area contributed by atoms with Gasteiger partial charge in [0.2, 0.25) is 0 Å². The Kier molecular flexibility index (Phi) is 7.07. The lowest BCUT2D eigenvalue weighted by molar-refractivity contribution is 0.183. The molecule has 0 bridgehead atoms. The van der Waals surface area contributed by atoms with E-state index >= 15 is 0 Å². The smallest absolute Gasteiger partial charge is 0.159 e. The van der Waals surface area contributed by atoms with Crippen LogP contribution in [-0.4, -0.2) is 47.6 Å². The van der Waals surface area contributed by atoms with Crippen molar-refractivity contribution in [2.45, 2.75) is 19.3 Å². The van der Waals surface area contributed by atoms with Gasteiger partial charge < -0.3 is 4.74 Å². The lowest BCUT2D eigenvalue weighted by atomic mass is 10.1. The Morgan fingerprint density at radius 2 is 1.88 bits per heavy atom. The van der Waals surface area contributed by atoms with E-state index in [-0.39, 0.29) is 0 Å². The first-order valence-electron chi connectivity index (χ1n) is 10.8. The third-order valence-electron chi connectivity index (χ3n) is 5.55. The Morgan fingerprint density at radius 1 is 1.09 bits per heavy atom. The zero-order valence-electron chi connectivity index (χ0n) is 17.9. The van der Waals surface area contributed by atoms with Crippen LogP contribution in [0, 0.1) is 11.6 Å². The maximum Gasteiger partial charge on any atom is 0.159 e. The molecule has 4 rings (SSSR count). The van der Waals surface area contributed by atoms with Gasteiger partial charge in [0, 0.05) is 18.3 Å². The Bertz CT molecular complexity index is 1090. The van der Waals surface area contributed by atoms with E-state index < -0.39 is 11.6 Å². The summed E-state index contributed by atoms with van der Waals surface area (Å²) in [6, 6.07) is 11.4. The van der Waals surface area contributed by atoms with Crippen LogP contribution in [0.25, 0.3) is 16.7 Å². The normalized spacial score (nSPS) is 14.7. The van der Waals surface area contributed by atoms with E-state index in [2.05, 4.69) is 26.7 Å². The van der Waals surface area contributed by atoms with Crippen molar-refractivity contribution in [3.05, 3.63) is 72.4 Å². The number of nitrogens with one attached hydrogen (secondary N) is 1. The number of halogens is 2. The molecule has 0 aliphatic carbocycles. The van der Waals surface area contributed by atoms with Crippen molar-refractivity contribution in [3.63, 3.8) is 0 Å². The summed E-state index contributed by atoms with van der Waals surface area (Å²) >= 11 is 0. The fourth-order valence-electron chi connectivity index (χ4n) is 3.71. The van der Waals surface area contributed by atoms with Gasteiger partial charge in [-0.2, -0.15) is 5.10 Å². The number of hydrogen-bond acceptors (Lipinski definition) is 4.